The van der Waals surface area contributed by atoms with Crippen molar-refractivity contribution in [1.29, 1.82) is 0 Å². The second-order valence-corrected chi connectivity index (χ2v) is 3.94. The molecule has 0 fully saturated rings. The van der Waals surface area contributed by atoms with E-state index >= 15 is 0 Å². The normalized spacial score (nSPS) is 10.6. The maximum absolute atomic E-state index is 11.3. The van der Waals surface area contributed by atoms with Crippen LogP contribution in [0.15, 0.2) is 36.4 Å². The smallest absolute Gasteiger partial charge is 0.309 e. The summed E-state index contributed by atoms with van der Waals surface area (Å²) in [5.74, 6) is -0.145. The number of carbonyl (C=O) groups is 1. The Bertz CT molecular complexity index is 341. The Morgan fingerprint density at radius 2 is 2.00 bits per heavy atom. The van der Waals surface area contributed by atoms with Gasteiger partial charge in [0, 0.05) is 0 Å². The first-order valence-electron chi connectivity index (χ1n) is 6.20. The largest absolute Gasteiger partial charge is 0.465 e. The molecule has 0 bridgehead atoms. The standard InChI is InChI=1S/C15H20O2/c1-2-3-7-13-17-15(16)12-8-11-14-9-5-4-6-10-14/h4-6,8-11H,2-3,7,12-13H2,1H3. The fourth-order valence-electron chi connectivity index (χ4n) is 1.45. The average molecular weight is 232 g/mol. The number of unbranched alkanes of at least 4 members (excludes halogenated alkanes) is 2. The van der Waals surface area contributed by atoms with Gasteiger partial charge in [-0.3, -0.25) is 4.79 Å². The van der Waals surface area contributed by atoms with E-state index in [4.69, 9.17) is 4.74 Å². The lowest BCUT2D eigenvalue weighted by Crippen LogP contribution is -2.04. The van der Waals surface area contributed by atoms with Gasteiger partial charge in [-0.15, -0.1) is 0 Å². The highest BCUT2D eigenvalue weighted by molar-refractivity contribution is 5.72. The van der Waals surface area contributed by atoms with Crippen LogP contribution >= 0.6 is 0 Å². The van der Waals surface area contributed by atoms with E-state index in [-0.39, 0.29) is 5.97 Å². The van der Waals surface area contributed by atoms with Crippen LogP contribution in [0.2, 0.25) is 0 Å². The zero-order chi connectivity index (χ0) is 12.3. The van der Waals surface area contributed by atoms with Gasteiger partial charge in [0.05, 0.1) is 13.0 Å². The minimum absolute atomic E-state index is 0.145. The van der Waals surface area contributed by atoms with Crippen molar-refractivity contribution in [2.24, 2.45) is 0 Å². The summed E-state index contributed by atoms with van der Waals surface area (Å²) in [6.45, 7) is 2.68. The Morgan fingerprint density at radius 3 is 2.71 bits per heavy atom. The Hall–Kier alpha value is -1.57. The molecule has 0 aliphatic heterocycles. The van der Waals surface area contributed by atoms with E-state index in [0.29, 0.717) is 13.0 Å². The lowest BCUT2D eigenvalue weighted by molar-refractivity contribution is -0.142. The molecule has 1 aromatic rings. The fraction of sp³-hybridized carbons (Fsp3) is 0.400. The summed E-state index contributed by atoms with van der Waals surface area (Å²) in [5.41, 5.74) is 1.10. The summed E-state index contributed by atoms with van der Waals surface area (Å²) in [4.78, 5) is 11.3. The molecule has 0 amide bonds. The third kappa shape index (κ3) is 6.56. The molecule has 1 rings (SSSR count). The van der Waals surface area contributed by atoms with Crippen LogP contribution in [0.3, 0.4) is 0 Å². The van der Waals surface area contributed by atoms with E-state index in [2.05, 4.69) is 6.92 Å². The third-order valence-corrected chi connectivity index (χ3v) is 2.41. The van der Waals surface area contributed by atoms with Crippen LogP contribution in [0.1, 0.15) is 38.2 Å². The number of hydrogen-bond acceptors (Lipinski definition) is 2. The van der Waals surface area contributed by atoms with Crippen LogP contribution < -0.4 is 0 Å². The maximum Gasteiger partial charge on any atom is 0.309 e. The average Bonchev–Trinajstić information content (AvgIpc) is 2.36. The second-order valence-electron chi connectivity index (χ2n) is 3.94. The molecule has 0 aliphatic carbocycles. The molecule has 0 atom stereocenters. The Labute approximate surface area is 103 Å². The van der Waals surface area contributed by atoms with Gasteiger partial charge in [0.2, 0.25) is 0 Å². The molecule has 0 aromatic heterocycles. The molecule has 17 heavy (non-hydrogen) atoms. The summed E-state index contributed by atoms with van der Waals surface area (Å²) in [7, 11) is 0. The minimum Gasteiger partial charge on any atom is -0.465 e. The van der Waals surface area contributed by atoms with E-state index in [9.17, 15) is 4.79 Å². The predicted molar refractivity (Wildman–Crippen MR) is 70.6 cm³/mol. The SMILES string of the molecule is CCCCCOC(=O)CC=Cc1ccccc1. The lowest BCUT2D eigenvalue weighted by Gasteiger charge is -2.01. The van der Waals surface area contributed by atoms with Gasteiger partial charge in [-0.1, -0.05) is 62.2 Å². The fourth-order valence-corrected chi connectivity index (χ4v) is 1.45. The highest BCUT2D eigenvalue weighted by atomic mass is 16.5. The zero-order valence-corrected chi connectivity index (χ0v) is 10.4. The second kappa shape index (κ2) is 8.57. The Kier molecular flexibility index (Phi) is 6.80. The summed E-state index contributed by atoms with van der Waals surface area (Å²) in [5, 5.41) is 0. The molecule has 0 saturated heterocycles. The van der Waals surface area contributed by atoms with Crippen molar-refractivity contribution >= 4 is 12.0 Å². The van der Waals surface area contributed by atoms with Crippen molar-refractivity contribution in [2.75, 3.05) is 6.61 Å². The molecule has 92 valence electrons. The molecular formula is C15H20O2. The number of rotatable bonds is 7. The number of esters is 1. The predicted octanol–water partition coefficient (Wildman–Crippen LogP) is 3.82. The first-order chi connectivity index (χ1) is 8.33. The topological polar surface area (TPSA) is 26.3 Å². The van der Waals surface area contributed by atoms with E-state index < -0.39 is 0 Å². The number of hydrogen-bond donors (Lipinski definition) is 0. The van der Waals surface area contributed by atoms with E-state index in [0.717, 1.165) is 24.8 Å². The highest BCUT2D eigenvalue weighted by Gasteiger charge is 1.98. The molecule has 2 nitrogen and oxygen atoms in total. The van der Waals surface area contributed by atoms with Crippen LogP contribution in [0.25, 0.3) is 6.08 Å². The van der Waals surface area contributed by atoms with Gasteiger partial charge in [0.25, 0.3) is 0 Å². The first-order valence-corrected chi connectivity index (χ1v) is 6.20. The number of benzene rings is 1. The molecule has 0 saturated carbocycles. The van der Waals surface area contributed by atoms with Crippen LogP contribution in [0.5, 0.6) is 0 Å². The first kappa shape index (κ1) is 13.5. The summed E-state index contributed by atoms with van der Waals surface area (Å²) in [6, 6.07) is 9.93. The molecule has 0 heterocycles. The summed E-state index contributed by atoms with van der Waals surface area (Å²) in [6.07, 6.45) is 7.36. The van der Waals surface area contributed by atoms with Gasteiger partial charge >= 0.3 is 5.97 Å². The van der Waals surface area contributed by atoms with E-state index in [1.807, 2.05) is 42.5 Å². The van der Waals surface area contributed by atoms with Crippen molar-refractivity contribution in [3.05, 3.63) is 42.0 Å². The molecule has 0 radical (unpaired) electrons. The van der Waals surface area contributed by atoms with Crippen molar-refractivity contribution < 1.29 is 9.53 Å². The number of ether oxygens (including phenoxy) is 1. The van der Waals surface area contributed by atoms with Gasteiger partial charge in [0.1, 0.15) is 0 Å². The quantitative estimate of drug-likeness (QED) is 0.527. The van der Waals surface area contributed by atoms with Crippen molar-refractivity contribution in [3.8, 4) is 0 Å². The van der Waals surface area contributed by atoms with Gasteiger partial charge in [0.15, 0.2) is 0 Å². The van der Waals surface area contributed by atoms with Crippen LogP contribution in [-0.4, -0.2) is 12.6 Å². The van der Waals surface area contributed by atoms with Crippen molar-refractivity contribution in [2.45, 2.75) is 32.6 Å². The zero-order valence-electron chi connectivity index (χ0n) is 10.4. The molecule has 1 aromatic carbocycles. The molecule has 0 unspecified atom stereocenters. The lowest BCUT2D eigenvalue weighted by atomic mass is 10.2. The summed E-state index contributed by atoms with van der Waals surface area (Å²) >= 11 is 0. The molecule has 0 aliphatic rings. The van der Waals surface area contributed by atoms with E-state index in [1.165, 1.54) is 0 Å². The van der Waals surface area contributed by atoms with Crippen LogP contribution in [0.4, 0.5) is 0 Å². The van der Waals surface area contributed by atoms with Crippen LogP contribution in [0, 0.1) is 0 Å². The minimum atomic E-state index is -0.145. The van der Waals surface area contributed by atoms with E-state index in [1.54, 1.807) is 0 Å². The monoisotopic (exact) mass is 232 g/mol. The third-order valence-electron chi connectivity index (χ3n) is 2.41. The number of carbonyl (C=O) groups excluding carboxylic acids is 1. The molecule has 0 N–H and O–H groups in total. The van der Waals surface area contributed by atoms with Crippen LogP contribution in [-0.2, 0) is 9.53 Å². The molecular weight excluding hydrogens is 212 g/mol. The maximum atomic E-state index is 11.3. The van der Waals surface area contributed by atoms with Gasteiger partial charge in [-0.25, -0.2) is 0 Å². The van der Waals surface area contributed by atoms with Crippen molar-refractivity contribution in [1.82, 2.24) is 0 Å². The molecule has 2 heteroatoms. The summed E-state index contributed by atoms with van der Waals surface area (Å²) < 4.78 is 5.09. The van der Waals surface area contributed by atoms with Gasteiger partial charge < -0.3 is 4.74 Å². The van der Waals surface area contributed by atoms with Gasteiger partial charge in [-0.05, 0) is 12.0 Å². The molecule has 0 spiro atoms. The Morgan fingerprint density at radius 1 is 1.24 bits per heavy atom. The Balaban J connectivity index is 2.17. The van der Waals surface area contributed by atoms with Gasteiger partial charge in [-0.2, -0.15) is 0 Å². The highest BCUT2D eigenvalue weighted by Crippen LogP contribution is 2.02. The van der Waals surface area contributed by atoms with Crippen molar-refractivity contribution in [3.63, 3.8) is 0 Å².